The molecule has 64 valence electrons. The van der Waals surface area contributed by atoms with E-state index in [0.717, 1.165) is 17.8 Å². The molecule has 3 atom stereocenters. The van der Waals surface area contributed by atoms with E-state index in [2.05, 4.69) is 6.92 Å². The minimum Gasteiger partial charge on any atom is -0.123 e. The molecule has 0 aliphatic heterocycles. The topological polar surface area (TPSA) is 0 Å². The summed E-state index contributed by atoms with van der Waals surface area (Å²) in [4.78, 5) is 0. The lowest BCUT2D eigenvalue weighted by molar-refractivity contribution is 0.174. The van der Waals surface area contributed by atoms with Crippen LogP contribution in [0.2, 0.25) is 0 Å². The van der Waals surface area contributed by atoms with Crippen molar-refractivity contribution in [2.45, 2.75) is 44.4 Å². The molecule has 1 heteroatoms. The molecular weight excluding hydrogens is 156 g/mol. The summed E-state index contributed by atoms with van der Waals surface area (Å²) >= 11 is 6.18. The lowest BCUT2D eigenvalue weighted by Gasteiger charge is -2.34. The Morgan fingerprint density at radius 3 is 2.18 bits per heavy atom. The van der Waals surface area contributed by atoms with E-state index in [0.29, 0.717) is 5.38 Å². The van der Waals surface area contributed by atoms with Gasteiger partial charge in [0.15, 0.2) is 0 Å². The summed E-state index contributed by atoms with van der Waals surface area (Å²) in [5.74, 6) is 2.82. The normalized spacial score (nSPS) is 45.8. The van der Waals surface area contributed by atoms with Gasteiger partial charge in [0, 0.05) is 5.38 Å². The minimum atomic E-state index is 0.487. The quantitative estimate of drug-likeness (QED) is 0.532. The fourth-order valence-corrected chi connectivity index (χ4v) is 2.99. The largest absolute Gasteiger partial charge is 0.123 e. The molecule has 0 aromatic rings. The van der Waals surface area contributed by atoms with E-state index in [-0.39, 0.29) is 0 Å². The van der Waals surface area contributed by atoms with Crippen LogP contribution in [-0.2, 0) is 0 Å². The predicted octanol–water partition coefficient (Wildman–Crippen LogP) is 3.44. The van der Waals surface area contributed by atoms with Crippen molar-refractivity contribution in [1.82, 2.24) is 0 Å². The summed E-state index contributed by atoms with van der Waals surface area (Å²) < 4.78 is 0. The summed E-state index contributed by atoms with van der Waals surface area (Å²) in [5, 5.41) is 0.487. The molecule has 0 spiro atoms. The second-order valence-electron chi connectivity index (χ2n) is 4.31. The van der Waals surface area contributed by atoms with Gasteiger partial charge in [-0.2, -0.15) is 0 Å². The average Bonchev–Trinajstić information content (AvgIpc) is 2.15. The van der Waals surface area contributed by atoms with Crippen LogP contribution in [0.15, 0.2) is 0 Å². The van der Waals surface area contributed by atoms with Crippen LogP contribution < -0.4 is 0 Å². The molecule has 2 rings (SSSR count). The van der Waals surface area contributed by atoms with Crippen LogP contribution in [0.4, 0.5) is 0 Å². The third kappa shape index (κ3) is 1.30. The first-order valence-corrected chi connectivity index (χ1v) is 5.36. The molecule has 0 N–H and O–H groups in total. The summed E-state index contributed by atoms with van der Waals surface area (Å²) in [7, 11) is 0. The van der Waals surface area contributed by atoms with Crippen molar-refractivity contribution < 1.29 is 0 Å². The van der Waals surface area contributed by atoms with Crippen molar-refractivity contribution in [3.63, 3.8) is 0 Å². The Morgan fingerprint density at radius 1 is 1.09 bits per heavy atom. The van der Waals surface area contributed by atoms with Crippen LogP contribution in [0, 0.1) is 17.8 Å². The van der Waals surface area contributed by atoms with Crippen molar-refractivity contribution in [2.24, 2.45) is 17.8 Å². The molecule has 0 amide bonds. The number of rotatable bonds is 1. The zero-order chi connectivity index (χ0) is 7.84. The molecule has 2 aliphatic rings. The molecule has 0 bridgehead atoms. The lowest BCUT2D eigenvalue weighted by atomic mass is 9.72. The Labute approximate surface area is 74.3 Å². The Morgan fingerprint density at radius 2 is 1.82 bits per heavy atom. The standard InChI is InChI=1S/C10H17Cl/c1-7-9(5-6-10(7)11)8-3-2-4-8/h7-10H,2-6H2,1H3. The highest BCUT2D eigenvalue weighted by molar-refractivity contribution is 6.20. The van der Waals surface area contributed by atoms with E-state index in [1.165, 1.54) is 32.1 Å². The van der Waals surface area contributed by atoms with Crippen LogP contribution in [-0.4, -0.2) is 5.38 Å². The molecule has 2 saturated carbocycles. The van der Waals surface area contributed by atoms with E-state index in [1.807, 2.05) is 0 Å². The van der Waals surface area contributed by atoms with Gasteiger partial charge in [0.25, 0.3) is 0 Å². The van der Waals surface area contributed by atoms with Gasteiger partial charge in [0.2, 0.25) is 0 Å². The highest BCUT2D eigenvalue weighted by Gasteiger charge is 2.38. The zero-order valence-corrected chi connectivity index (χ0v) is 7.98. The van der Waals surface area contributed by atoms with Gasteiger partial charge >= 0.3 is 0 Å². The number of hydrogen-bond acceptors (Lipinski definition) is 0. The summed E-state index contributed by atoms with van der Waals surface area (Å²) in [6, 6.07) is 0. The zero-order valence-electron chi connectivity index (χ0n) is 7.22. The van der Waals surface area contributed by atoms with Gasteiger partial charge in [-0.05, 0) is 30.6 Å². The van der Waals surface area contributed by atoms with Gasteiger partial charge in [-0.1, -0.05) is 26.2 Å². The molecule has 0 nitrogen and oxygen atoms in total. The summed E-state index contributed by atoms with van der Waals surface area (Å²) in [6.45, 7) is 2.34. The molecule has 0 radical (unpaired) electrons. The van der Waals surface area contributed by atoms with E-state index in [1.54, 1.807) is 0 Å². The first-order valence-electron chi connectivity index (χ1n) is 4.93. The SMILES string of the molecule is CC1C(Cl)CCC1C1CCC1. The van der Waals surface area contributed by atoms with Gasteiger partial charge < -0.3 is 0 Å². The third-order valence-electron chi connectivity index (χ3n) is 3.78. The van der Waals surface area contributed by atoms with Crippen LogP contribution in [0.25, 0.3) is 0 Å². The molecule has 0 saturated heterocycles. The van der Waals surface area contributed by atoms with Crippen molar-refractivity contribution in [3.05, 3.63) is 0 Å². The average molecular weight is 173 g/mol. The minimum absolute atomic E-state index is 0.487. The van der Waals surface area contributed by atoms with Gasteiger partial charge in [-0.25, -0.2) is 0 Å². The Bertz CT molecular complexity index is 140. The predicted molar refractivity (Wildman–Crippen MR) is 48.9 cm³/mol. The lowest BCUT2D eigenvalue weighted by Crippen LogP contribution is -2.25. The fraction of sp³-hybridized carbons (Fsp3) is 1.00. The summed E-state index contributed by atoms with van der Waals surface area (Å²) in [5.41, 5.74) is 0. The molecule has 0 aromatic carbocycles. The van der Waals surface area contributed by atoms with E-state index in [9.17, 15) is 0 Å². The van der Waals surface area contributed by atoms with Gasteiger partial charge in [0.05, 0.1) is 0 Å². The number of hydrogen-bond donors (Lipinski definition) is 0. The smallest absolute Gasteiger partial charge is 0.0364 e. The van der Waals surface area contributed by atoms with Crippen LogP contribution in [0.5, 0.6) is 0 Å². The maximum Gasteiger partial charge on any atom is 0.0364 e. The second kappa shape index (κ2) is 2.97. The summed E-state index contributed by atoms with van der Waals surface area (Å²) in [6.07, 6.45) is 7.11. The highest BCUT2D eigenvalue weighted by atomic mass is 35.5. The Kier molecular flexibility index (Phi) is 2.14. The van der Waals surface area contributed by atoms with E-state index < -0.39 is 0 Å². The first-order chi connectivity index (χ1) is 5.29. The van der Waals surface area contributed by atoms with Crippen LogP contribution in [0.1, 0.15) is 39.0 Å². The molecule has 0 heterocycles. The molecule has 2 aliphatic carbocycles. The van der Waals surface area contributed by atoms with Gasteiger partial charge in [0.1, 0.15) is 0 Å². The number of alkyl halides is 1. The van der Waals surface area contributed by atoms with Crippen molar-refractivity contribution in [2.75, 3.05) is 0 Å². The van der Waals surface area contributed by atoms with Crippen LogP contribution >= 0.6 is 11.6 Å². The van der Waals surface area contributed by atoms with Gasteiger partial charge in [-0.15, -0.1) is 11.6 Å². The molecular formula is C10H17Cl. The van der Waals surface area contributed by atoms with Crippen molar-refractivity contribution in [3.8, 4) is 0 Å². The van der Waals surface area contributed by atoms with Crippen LogP contribution in [0.3, 0.4) is 0 Å². The van der Waals surface area contributed by atoms with Gasteiger partial charge in [-0.3, -0.25) is 0 Å². The third-order valence-corrected chi connectivity index (χ3v) is 4.39. The maximum atomic E-state index is 6.18. The highest BCUT2D eigenvalue weighted by Crippen LogP contribution is 2.46. The molecule has 2 fully saturated rings. The Hall–Kier alpha value is 0.290. The van der Waals surface area contributed by atoms with Crippen molar-refractivity contribution in [1.29, 1.82) is 0 Å². The fourth-order valence-electron chi connectivity index (χ4n) is 2.68. The molecule has 0 aromatic heterocycles. The second-order valence-corrected chi connectivity index (χ2v) is 4.87. The Balaban J connectivity index is 1.93. The van der Waals surface area contributed by atoms with E-state index >= 15 is 0 Å². The molecule has 11 heavy (non-hydrogen) atoms. The van der Waals surface area contributed by atoms with E-state index in [4.69, 9.17) is 11.6 Å². The monoisotopic (exact) mass is 172 g/mol. The van der Waals surface area contributed by atoms with Crippen molar-refractivity contribution >= 4 is 11.6 Å². The first kappa shape index (κ1) is 7.91. The number of halogens is 1. The molecule has 3 unspecified atom stereocenters. The maximum absolute atomic E-state index is 6.18.